The van der Waals surface area contributed by atoms with Gasteiger partial charge < -0.3 is 10.3 Å². The van der Waals surface area contributed by atoms with E-state index in [2.05, 4.69) is 55.5 Å². The van der Waals surface area contributed by atoms with Gasteiger partial charge in [0.25, 0.3) is 0 Å². The number of pyridine rings is 1. The zero-order valence-corrected chi connectivity index (χ0v) is 12.2. The van der Waals surface area contributed by atoms with E-state index in [1.165, 1.54) is 16.5 Å². The van der Waals surface area contributed by atoms with Gasteiger partial charge in [-0.2, -0.15) is 0 Å². The molecule has 96 valence electrons. The number of hydrogen-bond acceptors (Lipinski definition) is 2. The lowest BCUT2D eigenvalue weighted by atomic mass is 10.1. The van der Waals surface area contributed by atoms with Crippen LogP contribution in [-0.4, -0.2) is 9.97 Å². The van der Waals surface area contributed by atoms with Gasteiger partial charge in [-0.3, -0.25) is 0 Å². The molecule has 0 atom stereocenters. The molecule has 0 radical (unpaired) electrons. The van der Waals surface area contributed by atoms with Gasteiger partial charge in [0.1, 0.15) is 4.60 Å². The van der Waals surface area contributed by atoms with Crippen LogP contribution in [0.2, 0.25) is 0 Å². The first-order valence-electron chi connectivity index (χ1n) is 6.16. The van der Waals surface area contributed by atoms with Gasteiger partial charge in [-0.15, -0.1) is 0 Å². The maximum absolute atomic E-state index is 4.39. The largest absolute Gasteiger partial charge is 0.379 e. The summed E-state index contributed by atoms with van der Waals surface area (Å²) >= 11 is 3.38. The van der Waals surface area contributed by atoms with Crippen molar-refractivity contribution in [3.63, 3.8) is 0 Å². The van der Waals surface area contributed by atoms with Gasteiger partial charge in [-0.25, -0.2) is 4.98 Å². The molecule has 3 aromatic rings. The van der Waals surface area contributed by atoms with Crippen LogP contribution in [0.4, 0.5) is 5.69 Å². The van der Waals surface area contributed by atoms with Crippen molar-refractivity contribution in [1.29, 1.82) is 0 Å². The average molecular weight is 316 g/mol. The molecule has 2 N–H and O–H groups in total. The van der Waals surface area contributed by atoms with Gasteiger partial charge in [0.15, 0.2) is 0 Å². The molecule has 0 amide bonds. The number of anilines is 1. The molecule has 0 aliphatic carbocycles. The van der Waals surface area contributed by atoms with Crippen molar-refractivity contribution in [3.05, 3.63) is 58.5 Å². The Morgan fingerprint density at radius 3 is 2.95 bits per heavy atom. The van der Waals surface area contributed by atoms with Gasteiger partial charge in [-0.05, 0) is 52.7 Å². The summed E-state index contributed by atoms with van der Waals surface area (Å²) in [5, 5.41) is 4.70. The lowest BCUT2D eigenvalue weighted by Crippen LogP contribution is -2.02. The van der Waals surface area contributed by atoms with Crippen LogP contribution < -0.4 is 5.32 Å². The first kappa shape index (κ1) is 12.2. The molecule has 4 heteroatoms. The minimum atomic E-state index is 0.791. The van der Waals surface area contributed by atoms with Crippen LogP contribution in [0.15, 0.2) is 47.2 Å². The van der Waals surface area contributed by atoms with Crippen LogP contribution in [0.5, 0.6) is 0 Å². The zero-order valence-electron chi connectivity index (χ0n) is 10.6. The maximum Gasteiger partial charge on any atom is 0.106 e. The Labute approximate surface area is 120 Å². The van der Waals surface area contributed by atoms with E-state index in [4.69, 9.17) is 0 Å². The van der Waals surface area contributed by atoms with Gasteiger partial charge in [-0.1, -0.05) is 12.1 Å². The van der Waals surface area contributed by atoms with Crippen molar-refractivity contribution >= 4 is 32.5 Å². The molecule has 0 fully saturated rings. The highest BCUT2D eigenvalue weighted by molar-refractivity contribution is 9.10. The van der Waals surface area contributed by atoms with Crippen molar-refractivity contribution in [3.8, 4) is 0 Å². The number of H-pyrrole nitrogens is 1. The van der Waals surface area contributed by atoms with E-state index >= 15 is 0 Å². The summed E-state index contributed by atoms with van der Waals surface area (Å²) < 4.78 is 0.864. The fourth-order valence-corrected chi connectivity index (χ4v) is 2.61. The highest BCUT2D eigenvalue weighted by Crippen LogP contribution is 2.20. The smallest absolute Gasteiger partial charge is 0.106 e. The summed E-state index contributed by atoms with van der Waals surface area (Å²) in [5.41, 5.74) is 4.51. The third kappa shape index (κ3) is 2.49. The molecule has 0 aliphatic heterocycles. The van der Waals surface area contributed by atoms with Crippen LogP contribution in [-0.2, 0) is 6.54 Å². The molecule has 3 rings (SSSR count). The van der Waals surface area contributed by atoms with Crippen LogP contribution in [0.25, 0.3) is 10.9 Å². The second kappa shape index (κ2) is 5.05. The number of nitrogens with zero attached hydrogens (tertiary/aromatic N) is 1. The number of rotatable bonds is 3. The summed E-state index contributed by atoms with van der Waals surface area (Å²) in [4.78, 5) is 7.62. The van der Waals surface area contributed by atoms with Crippen molar-refractivity contribution in [2.24, 2.45) is 0 Å². The van der Waals surface area contributed by atoms with Gasteiger partial charge in [0, 0.05) is 23.6 Å². The van der Waals surface area contributed by atoms with E-state index in [1.54, 1.807) is 0 Å². The van der Waals surface area contributed by atoms with E-state index in [1.807, 2.05) is 25.3 Å². The summed E-state index contributed by atoms with van der Waals surface area (Å²) in [5.74, 6) is 0. The molecule has 2 heterocycles. The highest BCUT2D eigenvalue weighted by Gasteiger charge is 2.03. The minimum Gasteiger partial charge on any atom is -0.379 e. The Balaban J connectivity index is 1.84. The van der Waals surface area contributed by atoms with Crippen LogP contribution in [0.3, 0.4) is 0 Å². The summed E-state index contributed by atoms with van der Waals surface area (Å²) in [6, 6.07) is 12.4. The molecule has 0 saturated carbocycles. The molecule has 0 saturated heterocycles. The van der Waals surface area contributed by atoms with Crippen LogP contribution in [0, 0.1) is 6.92 Å². The molecule has 19 heavy (non-hydrogen) atoms. The highest BCUT2D eigenvalue weighted by atomic mass is 79.9. The van der Waals surface area contributed by atoms with Crippen LogP contribution >= 0.6 is 15.9 Å². The second-order valence-corrected chi connectivity index (χ2v) is 5.29. The van der Waals surface area contributed by atoms with E-state index in [-0.39, 0.29) is 0 Å². The molecule has 0 unspecified atom stereocenters. The third-order valence-corrected chi connectivity index (χ3v) is 3.65. The topological polar surface area (TPSA) is 40.7 Å². The summed E-state index contributed by atoms with van der Waals surface area (Å²) in [7, 11) is 0. The number of aromatic amines is 1. The van der Waals surface area contributed by atoms with E-state index in [0.29, 0.717) is 0 Å². The fourth-order valence-electron chi connectivity index (χ4n) is 2.21. The molecule has 0 bridgehead atoms. The first-order chi connectivity index (χ1) is 9.24. The Hall–Kier alpha value is -1.81. The molecule has 0 spiro atoms. The molecule has 1 aromatic carbocycles. The molecule has 3 nitrogen and oxygen atoms in total. The summed E-state index contributed by atoms with van der Waals surface area (Å²) in [6.45, 7) is 2.79. The summed E-state index contributed by atoms with van der Waals surface area (Å²) in [6.07, 6.45) is 1.97. The van der Waals surface area contributed by atoms with E-state index in [9.17, 15) is 0 Å². The lowest BCUT2D eigenvalue weighted by Gasteiger charge is -2.10. The molecular formula is C15H14BrN3. The van der Waals surface area contributed by atoms with Crippen molar-refractivity contribution < 1.29 is 0 Å². The Bertz CT molecular complexity index is 718. The number of hydrogen-bond donors (Lipinski definition) is 2. The second-order valence-electron chi connectivity index (χ2n) is 4.48. The van der Waals surface area contributed by atoms with Crippen molar-refractivity contribution in [2.45, 2.75) is 13.5 Å². The van der Waals surface area contributed by atoms with Crippen molar-refractivity contribution in [2.75, 3.05) is 5.32 Å². The van der Waals surface area contributed by atoms with Crippen LogP contribution in [0.1, 0.15) is 11.3 Å². The SMILES string of the molecule is Cc1nc(Br)ccc1NCc1cccc2[nH]ccc12. The number of halogens is 1. The van der Waals surface area contributed by atoms with Gasteiger partial charge >= 0.3 is 0 Å². The maximum atomic E-state index is 4.39. The Kier molecular flexibility index (Phi) is 3.25. The number of fused-ring (bicyclic) bond motifs is 1. The first-order valence-corrected chi connectivity index (χ1v) is 6.95. The molecule has 2 aromatic heterocycles. The zero-order chi connectivity index (χ0) is 13.2. The minimum absolute atomic E-state index is 0.791. The normalized spacial score (nSPS) is 10.8. The monoisotopic (exact) mass is 315 g/mol. The Morgan fingerprint density at radius 2 is 2.11 bits per heavy atom. The lowest BCUT2D eigenvalue weighted by molar-refractivity contribution is 1.10. The van der Waals surface area contributed by atoms with E-state index in [0.717, 1.165) is 22.5 Å². The predicted molar refractivity (Wildman–Crippen MR) is 82.3 cm³/mol. The number of nitrogens with one attached hydrogen (secondary N) is 2. The third-order valence-electron chi connectivity index (χ3n) is 3.21. The number of aryl methyl sites for hydroxylation is 1. The van der Waals surface area contributed by atoms with Crippen molar-refractivity contribution in [1.82, 2.24) is 9.97 Å². The standard InChI is InChI=1S/C15H14BrN3/c1-10-13(5-6-15(16)19-10)18-9-11-3-2-4-14-12(11)7-8-17-14/h2-8,17-18H,9H2,1H3. The van der Waals surface area contributed by atoms with Gasteiger partial charge in [0.05, 0.1) is 11.4 Å². The predicted octanol–water partition coefficient (Wildman–Crippen LogP) is 4.25. The fraction of sp³-hybridized carbons (Fsp3) is 0.133. The number of benzene rings is 1. The Morgan fingerprint density at radius 1 is 1.21 bits per heavy atom. The van der Waals surface area contributed by atoms with E-state index < -0.39 is 0 Å². The number of aromatic nitrogens is 2. The average Bonchev–Trinajstić information content (AvgIpc) is 2.86. The molecular weight excluding hydrogens is 302 g/mol. The molecule has 0 aliphatic rings. The van der Waals surface area contributed by atoms with Gasteiger partial charge in [0.2, 0.25) is 0 Å². The quantitative estimate of drug-likeness (QED) is 0.709.